The maximum absolute atomic E-state index is 12.3. The van der Waals surface area contributed by atoms with Gasteiger partial charge in [-0.2, -0.15) is 5.26 Å². The Labute approximate surface area is 155 Å². The van der Waals surface area contributed by atoms with Crippen LogP contribution in [0.15, 0.2) is 48.0 Å². The summed E-state index contributed by atoms with van der Waals surface area (Å²) in [5.41, 5.74) is 1.76. The van der Waals surface area contributed by atoms with Gasteiger partial charge in [-0.25, -0.2) is 4.79 Å². The van der Waals surface area contributed by atoms with Crippen LogP contribution >= 0.6 is 11.6 Å². The van der Waals surface area contributed by atoms with Crippen molar-refractivity contribution in [1.82, 2.24) is 0 Å². The van der Waals surface area contributed by atoms with Gasteiger partial charge in [0.15, 0.2) is 6.61 Å². The van der Waals surface area contributed by atoms with Gasteiger partial charge >= 0.3 is 5.97 Å². The van der Waals surface area contributed by atoms with E-state index in [9.17, 15) is 14.9 Å². The van der Waals surface area contributed by atoms with Crippen molar-refractivity contribution >= 4 is 35.2 Å². The van der Waals surface area contributed by atoms with Crippen LogP contribution in [-0.2, 0) is 9.59 Å². The molecule has 132 valence electrons. The van der Waals surface area contributed by atoms with Gasteiger partial charge in [0.25, 0.3) is 5.91 Å². The summed E-state index contributed by atoms with van der Waals surface area (Å²) in [5, 5.41) is 21.0. The fourth-order valence-corrected chi connectivity index (χ4v) is 2.23. The number of ether oxygens (including phenoxy) is 1. The molecular formula is C19H15ClN2O4. The first-order valence-electron chi connectivity index (χ1n) is 7.53. The summed E-state index contributed by atoms with van der Waals surface area (Å²) < 4.78 is 5.03. The lowest BCUT2D eigenvalue weighted by atomic mass is 10.1. The minimum absolute atomic E-state index is 0.0800. The van der Waals surface area contributed by atoms with E-state index in [1.165, 1.54) is 6.08 Å². The van der Waals surface area contributed by atoms with Crippen molar-refractivity contribution in [3.63, 3.8) is 0 Å². The molecule has 0 aliphatic heterocycles. The largest absolute Gasteiger partial charge is 0.482 e. The highest BCUT2D eigenvalue weighted by Gasteiger charge is 2.12. The minimum atomic E-state index is -1.08. The molecule has 0 aromatic heterocycles. The summed E-state index contributed by atoms with van der Waals surface area (Å²) in [5.74, 6) is -1.25. The number of hydrogen-bond donors (Lipinski definition) is 2. The van der Waals surface area contributed by atoms with E-state index in [1.807, 2.05) is 6.07 Å². The number of aliphatic carboxylic acids is 1. The molecule has 0 fully saturated rings. The van der Waals surface area contributed by atoms with Gasteiger partial charge < -0.3 is 15.2 Å². The van der Waals surface area contributed by atoms with Crippen LogP contribution in [0.5, 0.6) is 5.75 Å². The first-order chi connectivity index (χ1) is 12.4. The quantitative estimate of drug-likeness (QED) is 0.597. The lowest BCUT2D eigenvalue weighted by Gasteiger charge is -2.09. The lowest BCUT2D eigenvalue weighted by molar-refractivity contribution is -0.139. The highest BCUT2D eigenvalue weighted by Crippen LogP contribution is 2.23. The average Bonchev–Trinajstić information content (AvgIpc) is 2.62. The van der Waals surface area contributed by atoms with E-state index in [-0.39, 0.29) is 5.57 Å². The molecule has 0 aliphatic rings. The number of nitrogens with one attached hydrogen (secondary N) is 1. The molecule has 1 amide bonds. The van der Waals surface area contributed by atoms with E-state index in [4.69, 9.17) is 21.4 Å². The number of halogens is 1. The van der Waals surface area contributed by atoms with Crippen molar-refractivity contribution in [3.8, 4) is 11.8 Å². The third-order valence-corrected chi connectivity index (χ3v) is 3.84. The number of carbonyl (C=O) groups excluding carboxylic acids is 1. The Morgan fingerprint density at radius 2 is 1.96 bits per heavy atom. The molecule has 0 atom stereocenters. The Morgan fingerprint density at radius 1 is 1.27 bits per heavy atom. The van der Waals surface area contributed by atoms with Gasteiger partial charge in [-0.15, -0.1) is 0 Å². The molecule has 0 radical (unpaired) electrons. The molecule has 0 saturated heterocycles. The van der Waals surface area contributed by atoms with Crippen molar-refractivity contribution < 1.29 is 19.4 Å². The number of anilines is 1. The van der Waals surface area contributed by atoms with Crippen LogP contribution in [0.1, 0.15) is 11.1 Å². The van der Waals surface area contributed by atoms with E-state index in [0.29, 0.717) is 27.6 Å². The second-order valence-electron chi connectivity index (χ2n) is 5.29. The molecule has 0 aliphatic carbocycles. The second kappa shape index (κ2) is 8.70. The summed E-state index contributed by atoms with van der Waals surface area (Å²) >= 11 is 6.02. The zero-order valence-electron chi connectivity index (χ0n) is 13.8. The number of carboxylic acids is 1. The van der Waals surface area contributed by atoms with Crippen LogP contribution in [-0.4, -0.2) is 23.6 Å². The van der Waals surface area contributed by atoms with Crippen LogP contribution in [0.4, 0.5) is 5.69 Å². The number of carboxylic acid groups (broad SMARTS) is 1. The Morgan fingerprint density at radius 3 is 2.58 bits per heavy atom. The molecule has 6 nitrogen and oxygen atoms in total. The zero-order valence-corrected chi connectivity index (χ0v) is 14.6. The minimum Gasteiger partial charge on any atom is -0.482 e. The van der Waals surface area contributed by atoms with Crippen LogP contribution in [0.3, 0.4) is 0 Å². The number of carbonyl (C=O) groups is 2. The third-order valence-electron chi connectivity index (χ3n) is 3.43. The molecule has 0 spiro atoms. The molecule has 26 heavy (non-hydrogen) atoms. The summed E-state index contributed by atoms with van der Waals surface area (Å²) in [7, 11) is 0. The normalized spacial score (nSPS) is 10.7. The monoisotopic (exact) mass is 370 g/mol. The Bertz CT molecular complexity index is 899. The molecule has 0 bridgehead atoms. The van der Waals surface area contributed by atoms with Crippen molar-refractivity contribution in [2.45, 2.75) is 6.92 Å². The summed E-state index contributed by atoms with van der Waals surface area (Å²) in [6, 6.07) is 13.3. The Hall–Kier alpha value is -3.30. The first-order valence-corrected chi connectivity index (χ1v) is 7.91. The van der Waals surface area contributed by atoms with Crippen LogP contribution in [0, 0.1) is 18.3 Å². The molecule has 2 N–H and O–H groups in total. The smallest absolute Gasteiger partial charge is 0.341 e. The zero-order chi connectivity index (χ0) is 19.1. The standard InChI is InChI=1S/C19H15ClN2O4/c1-12-16(20)3-2-4-17(12)22-19(25)14(10-21)9-13-5-7-15(8-6-13)26-11-18(23)24/h2-9H,11H2,1H3,(H,22,25)(H,23,24)/b14-9-. The maximum atomic E-state index is 12.3. The van der Waals surface area contributed by atoms with Crippen molar-refractivity contribution in [1.29, 1.82) is 5.26 Å². The predicted molar refractivity (Wildman–Crippen MR) is 98.0 cm³/mol. The van der Waals surface area contributed by atoms with Crippen LogP contribution < -0.4 is 10.1 Å². The maximum Gasteiger partial charge on any atom is 0.341 e. The van der Waals surface area contributed by atoms with Gasteiger partial charge in [-0.1, -0.05) is 29.8 Å². The van der Waals surface area contributed by atoms with E-state index >= 15 is 0 Å². The van der Waals surface area contributed by atoms with Gasteiger partial charge in [-0.05, 0) is 48.4 Å². The number of nitrogens with zero attached hydrogens (tertiary/aromatic N) is 1. The first kappa shape index (κ1) is 19.0. The fraction of sp³-hybridized carbons (Fsp3) is 0.105. The Balaban J connectivity index is 2.14. The molecule has 0 heterocycles. The van der Waals surface area contributed by atoms with Gasteiger partial charge in [0, 0.05) is 10.7 Å². The number of rotatable bonds is 6. The van der Waals surface area contributed by atoms with E-state index in [2.05, 4.69) is 5.32 Å². The van der Waals surface area contributed by atoms with Crippen molar-refractivity contribution in [2.75, 3.05) is 11.9 Å². The molecule has 0 saturated carbocycles. The third kappa shape index (κ3) is 5.10. The van der Waals surface area contributed by atoms with Gasteiger partial charge in [0.1, 0.15) is 17.4 Å². The Kier molecular flexibility index (Phi) is 6.36. The molecular weight excluding hydrogens is 356 g/mol. The SMILES string of the molecule is Cc1c(Cl)cccc1NC(=O)/C(C#N)=C\c1ccc(OCC(=O)O)cc1. The van der Waals surface area contributed by atoms with Crippen LogP contribution in [0.25, 0.3) is 6.08 Å². The summed E-state index contributed by atoms with van der Waals surface area (Å²) in [4.78, 5) is 22.8. The summed E-state index contributed by atoms with van der Waals surface area (Å²) in [6.45, 7) is 1.32. The fourth-order valence-electron chi connectivity index (χ4n) is 2.05. The van der Waals surface area contributed by atoms with Gasteiger partial charge in [0.05, 0.1) is 0 Å². The van der Waals surface area contributed by atoms with Crippen molar-refractivity contribution in [3.05, 3.63) is 64.2 Å². The number of benzene rings is 2. The van der Waals surface area contributed by atoms with Crippen LogP contribution in [0.2, 0.25) is 5.02 Å². The molecule has 7 heteroatoms. The van der Waals surface area contributed by atoms with E-state index in [0.717, 1.165) is 0 Å². The number of amides is 1. The lowest BCUT2D eigenvalue weighted by Crippen LogP contribution is -2.14. The molecule has 0 unspecified atom stereocenters. The van der Waals surface area contributed by atoms with E-state index in [1.54, 1.807) is 49.4 Å². The molecule has 2 rings (SSSR count). The van der Waals surface area contributed by atoms with Crippen molar-refractivity contribution in [2.24, 2.45) is 0 Å². The summed E-state index contributed by atoms with van der Waals surface area (Å²) in [6.07, 6.45) is 1.43. The molecule has 2 aromatic rings. The average molecular weight is 371 g/mol. The predicted octanol–water partition coefficient (Wildman–Crippen LogP) is 3.66. The number of hydrogen-bond acceptors (Lipinski definition) is 4. The van der Waals surface area contributed by atoms with E-state index < -0.39 is 18.5 Å². The highest BCUT2D eigenvalue weighted by atomic mass is 35.5. The van der Waals surface area contributed by atoms with Gasteiger partial charge in [-0.3, -0.25) is 4.79 Å². The number of nitriles is 1. The second-order valence-corrected chi connectivity index (χ2v) is 5.69. The topological polar surface area (TPSA) is 99.4 Å². The molecule has 2 aromatic carbocycles. The highest BCUT2D eigenvalue weighted by molar-refractivity contribution is 6.31. The van der Waals surface area contributed by atoms with Gasteiger partial charge in [0.2, 0.25) is 0 Å².